The summed E-state index contributed by atoms with van der Waals surface area (Å²) in [5, 5.41) is 3.04. The summed E-state index contributed by atoms with van der Waals surface area (Å²) >= 11 is 0. The first-order valence-corrected chi connectivity index (χ1v) is 6.75. The predicted octanol–water partition coefficient (Wildman–Crippen LogP) is 1.81. The van der Waals surface area contributed by atoms with Crippen molar-refractivity contribution in [3.8, 4) is 0 Å². The van der Waals surface area contributed by atoms with Crippen molar-refractivity contribution in [2.24, 2.45) is 17.1 Å². The Bertz CT molecular complexity index is 242. The molecule has 0 bridgehead atoms. The van der Waals surface area contributed by atoms with Crippen molar-refractivity contribution >= 4 is 5.91 Å². The van der Waals surface area contributed by atoms with E-state index in [0.29, 0.717) is 6.54 Å². The molecule has 0 radical (unpaired) electrons. The van der Waals surface area contributed by atoms with E-state index in [4.69, 9.17) is 5.73 Å². The van der Waals surface area contributed by atoms with Crippen molar-refractivity contribution in [1.82, 2.24) is 5.32 Å². The summed E-state index contributed by atoms with van der Waals surface area (Å²) in [6.45, 7) is 1.36. The zero-order valence-electron chi connectivity index (χ0n) is 10.1. The van der Waals surface area contributed by atoms with Crippen LogP contribution in [0.5, 0.6) is 0 Å². The van der Waals surface area contributed by atoms with Gasteiger partial charge in [0.2, 0.25) is 5.91 Å². The van der Waals surface area contributed by atoms with Crippen molar-refractivity contribution in [1.29, 1.82) is 0 Å². The van der Waals surface area contributed by atoms with Crippen LogP contribution in [0.3, 0.4) is 0 Å². The summed E-state index contributed by atoms with van der Waals surface area (Å²) in [5.41, 5.74) is 5.44. The third-order valence-corrected chi connectivity index (χ3v) is 4.28. The maximum absolute atomic E-state index is 11.8. The Kier molecular flexibility index (Phi) is 3.85. The van der Waals surface area contributed by atoms with E-state index in [1.807, 2.05) is 0 Å². The lowest BCUT2D eigenvalue weighted by molar-refractivity contribution is -0.125. The van der Waals surface area contributed by atoms with Gasteiger partial charge in [-0.1, -0.05) is 25.7 Å². The van der Waals surface area contributed by atoms with Crippen LogP contribution in [-0.2, 0) is 4.79 Å². The van der Waals surface area contributed by atoms with E-state index < -0.39 is 0 Å². The topological polar surface area (TPSA) is 55.1 Å². The lowest BCUT2D eigenvalue weighted by Gasteiger charge is -2.13. The summed E-state index contributed by atoms with van der Waals surface area (Å²) in [6, 6.07) is 0. The number of rotatable bonds is 6. The summed E-state index contributed by atoms with van der Waals surface area (Å²) in [7, 11) is 0. The molecule has 0 spiro atoms. The third-order valence-electron chi connectivity index (χ3n) is 4.28. The monoisotopic (exact) mass is 224 g/mol. The molecule has 16 heavy (non-hydrogen) atoms. The van der Waals surface area contributed by atoms with Crippen LogP contribution < -0.4 is 11.1 Å². The SMILES string of the molecule is NCC1(C(=O)NCCCC2CCCC2)CC1. The van der Waals surface area contributed by atoms with Gasteiger partial charge in [0.25, 0.3) is 0 Å². The molecule has 2 aliphatic carbocycles. The highest BCUT2D eigenvalue weighted by atomic mass is 16.2. The fourth-order valence-corrected chi connectivity index (χ4v) is 2.75. The van der Waals surface area contributed by atoms with Crippen molar-refractivity contribution in [3.05, 3.63) is 0 Å². The Balaban J connectivity index is 1.55. The number of hydrogen-bond donors (Lipinski definition) is 2. The van der Waals surface area contributed by atoms with Gasteiger partial charge in [0.15, 0.2) is 0 Å². The highest BCUT2D eigenvalue weighted by Crippen LogP contribution is 2.44. The van der Waals surface area contributed by atoms with Gasteiger partial charge in [-0.3, -0.25) is 4.79 Å². The number of amides is 1. The zero-order valence-corrected chi connectivity index (χ0v) is 10.1. The first-order chi connectivity index (χ1) is 7.77. The third kappa shape index (κ3) is 2.76. The molecule has 0 heterocycles. The van der Waals surface area contributed by atoms with Crippen LogP contribution in [0.1, 0.15) is 51.4 Å². The molecular formula is C13H24N2O. The second-order valence-corrected chi connectivity index (χ2v) is 5.53. The van der Waals surface area contributed by atoms with E-state index in [1.165, 1.54) is 32.1 Å². The van der Waals surface area contributed by atoms with Gasteiger partial charge in [0.05, 0.1) is 5.41 Å². The van der Waals surface area contributed by atoms with E-state index in [-0.39, 0.29) is 11.3 Å². The van der Waals surface area contributed by atoms with E-state index in [0.717, 1.165) is 31.7 Å². The van der Waals surface area contributed by atoms with Gasteiger partial charge in [-0.25, -0.2) is 0 Å². The van der Waals surface area contributed by atoms with Gasteiger partial charge in [0.1, 0.15) is 0 Å². The molecular weight excluding hydrogens is 200 g/mol. The van der Waals surface area contributed by atoms with Crippen LogP contribution in [0.25, 0.3) is 0 Å². The number of hydrogen-bond acceptors (Lipinski definition) is 2. The van der Waals surface area contributed by atoms with Crippen LogP contribution >= 0.6 is 0 Å². The Hall–Kier alpha value is -0.570. The molecule has 0 unspecified atom stereocenters. The van der Waals surface area contributed by atoms with Crippen LogP contribution in [0.15, 0.2) is 0 Å². The molecule has 2 saturated carbocycles. The fourth-order valence-electron chi connectivity index (χ4n) is 2.75. The van der Waals surface area contributed by atoms with Gasteiger partial charge >= 0.3 is 0 Å². The maximum Gasteiger partial charge on any atom is 0.227 e. The smallest absolute Gasteiger partial charge is 0.227 e. The van der Waals surface area contributed by atoms with Crippen LogP contribution in [0.4, 0.5) is 0 Å². The van der Waals surface area contributed by atoms with E-state index in [9.17, 15) is 4.79 Å². The highest BCUT2D eigenvalue weighted by molar-refractivity contribution is 5.85. The zero-order chi connectivity index (χ0) is 11.4. The van der Waals surface area contributed by atoms with Crippen molar-refractivity contribution in [2.75, 3.05) is 13.1 Å². The number of nitrogens with one attached hydrogen (secondary N) is 1. The second-order valence-electron chi connectivity index (χ2n) is 5.53. The molecule has 1 amide bonds. The largest absolute Gasteiger partial charge is 0.356 e. The minimum Gasteiger partial charge on any atom is -0.356 e. The minimum absolute atomic E-state index is 0.173. The summed E-state index contributed by atoms with van der Waals surface area (Å²) < 4.78 is 0. The van der Waals surface area contributed by atoms with Gasteiger partial charge in [0, 0.05) is 13.1 Å². The minimum atomic E-state index is -0.173. The molecule has 0 aromatic heterocycles. The lowest BCUT2D eigenvalue weighted by Crippen LogP contribution is -2.37. The average Bonchev–Trinajstić information content (AvgIpc) is 2.94. The van der Waals surface area contributed by atoms with Gasteiger partial charge in [-0.2, -0.15) is 0 Å². The quantitative estimate of drug-likeness (QED) is 0.676. The first kappa shape index (κ1) is 11.9. The van der Waals surface area contributed by atoms with E-state index >= 15 is 0 Å². The molecule has 2 aliphatic rings. The van der Waals surface area contributed by atoms with E-state index in [2.05, 4.69) is 5.32 Å². The number of nitrogens with two attached hydrogens (primary N) is 1. The number of carbonyl (C=O) groups excluding carboxylic acids is 1. The molecule has 0 aromatic rings. The molecule has 0 saturated heterocycles. The Morgan fingerprint density at radius 1 is 1.31 bits per heavy atom. The maximum atomic E-state index is 11.8. The van der Waals surface area contributed by atoms with Crippen LogP contribution in [-0.4, -0.2) is 19.0 Å². The van der Waals surface area contributed by atoms with Gasteiger partial charge < -0.3 is 11.1 Å². The molecule has 2 rings (SSSR count). The van der Waals surface area contributed by atoms with Crippen molar-refractivity contribution in [2.45, 2.75) is 51.4 Å². The van der Waals surface area contributed by atoms with Gasteiger partial charge in [-0.15, -0.1) is 0 Å². The molecule has 3 nitrogen and oxygen atoms in total. The van der Waals surface area contributed by atoms with E-state index in [1.54, 1.807) is 0 Å². The highest BCUT2D eigenvalue weighted by Gasteiger charge is 2.48. The average molecular weight is 224 g/mol. The van der Waals surface area contributed by atoms with Crippen LogP contribution in [0.2, 0.25) is 0 Å². The molecule has 0 atom stereocenters. The summed E-state index contributed by atoms with van der Waals surface area (Å²) in [6.07, 6.45) is 10.0. The second kappa shape index (κ2) is 5.17. The Morgan fingerprint density at radius 3 is 2.56 bits per heavy atom. The number of carbonyl (C=O) groups is 1. The Morgan fingerprint density at radius 2 is 2.00 bits per heavy atom. The fraction of sp³-hybridized carbons (Fsp3) is 0.923. The molecule has 3 N–H and O–H groups in total. The first-order valence-electron chi connectivity index (χ1n) is 6.75. The van der Waals surface area contributed by atoms with Crippen molar-refractivity contribution in [3.63, 3.8) is 0 Å². The van der Waals surface area contributed by atoms with Gasteiger partial charge in [-0.05, 0) is 31.6 Å². The van der Waals surface area contributed by atoms with Crippen molar-refractivity contribution < 1.29 is 4.79 Å². The normalized spacial score (nSPS) is 23.3. The molecule has 92 valence electrons. The summed E-state index contributed by atoms with van der Waals surface area (Å²) in [5.74, 6) is 1.13. The summed E-state index contributed by atoms with van der Waals surface area (Å²) in [4.78, 5) is 11.8. The molecule has 0 aliphatic heterocycles. The standard InChI is InChI=1S/C13H24N2O/c14-10-13(7-8-13)12(16)15-9-3-6-11-4-1-2-5-11/h11H,1-10,14H2,(H,15,16). The lowest BCUT2D eigenvalue weighted by atomic mass is 10.0. The van der Waals surface area contributed by atoms with Crippen LogP contribution in [0, 0.1) is 11.3 Å². The molecule has 3 heteroatoms. The molecule has 2 fully saturated rings. The predicted molar refractivity (Wildman–Crippen MR) is 64.9 cm³/mol. The Labute approximate surface area is 98.2 Å². The molecule has 0 aromatic carbocycles.